The second kappa shape index (κ2) is 8.06. The fraction of sp³-hybridized carbons (Fsp3) is 0.333. The second-order valence-corrected chi connectivity index (χ2v) is 9.22. The maximum atomic E-state index is 12.9. The van der Waals surface area contributed by atoms with Gasteiger partial charge in [0.25, 0.3) is 0 Å². The van der Waals surface area contributed by atoms with Gasteiger partial charge < -0.3 is 19.4 Å². The van der Waals surface area contributed by atoms with E-state index in [1.807, 2.05) is 55.8 Å². The zero-order chi connectivity index (χ0) is 20.4. The van der Waals surface area contributed by atoms with Gasteiger partial charge in [0.05, 0.1) is 18.7 Å². The molecule has 2 aliphatic heterocycles. The van der Waals surface area contributed by atoms with Crippen LogP contribution in [0.3, 0.4) is 0 Å². The molecule has 2 aliphatic rings. The molecule has 0 amide bonds. The third kappa shape index (κ3) is 4.10. The van der Waals surface area contributed by atoms with Crippen molar-refractivity contribution in [3.8, 4) is 5.75 Å². The van der Waals surface area contributed by atoms with Crippen LogP contribution in [-0.4, -0.2) is 64.6 Å². The molecule has 0 bridgehead atoms. The lowest BCUT2D eigenvalue weighted by Crippen LogP contribution is -2.46. The van der Waals surface area contributed by atoms with Gasteiger partial charge in [-0.1, -0.05) is 0 Å². The van der Waals surface area contributed by atoms with Crippen LogP contribution >= 0.6 is 0 Å². The topological polar surface area (TPSA) is 56.3 Å². The Bertz CT molecular complexity index is 966. The molecule has 0 aromatic heterocycles. The highest BCUT2D eigenvalue weighted by Gasteiger charge is 2.27. The first-order chi connectivity index (χ1) is 14.0. The molecule has 154 valence electrons. The number of hydrogen-bond donors (Lipinski definition) is 0. The number of rotatable bonds is 5. The summed E-state index contributed by atoms with van der Waals surface area (Å²) in [5.41, 5.74) is 2.02. The number of anilines is 2. The molecule has 2 heterocycles. The summed E-state index contributed by atoms with van der Waals surface area (Å²) in [5.74, 6) is 0.825. The summed E-state index contributed by atoms with van der Waals surface area (Å²) in [7, 11) is 0.226. The fourth-order valence-corrected chi connectivity index (χ4v) is 4.94. The Balaban J connectivity index is 1.44. The summed E-state index contributed by atoms with van der Waals surface area (Å²) in [6.45, 7) is 3.25. The minimum absolute atomic E-state index is 0.348. The highest BCUT2D eigenvalue weighted by molar-refractivity contribution is 7.89. The van der Waals surface area contributed by atoms with Crippen molar-refractivity contribution in [1.82, 2.24) is 9.21 Å². The lowest BCUT2D eigenvalue weighted by atomic mass is 10.3. The quantitative estimate of drug-likeness (QED) is 0.749. The smallest absolute Gasteiger partial charge is 0.243 e. The molecule has 1 fully saturated rings. The molecular formula is C21H26N4O3S. The highest BCUT2D eigenvalue weighted by Crippen LogP contribution is 2.27. The van der Waals surface area contributed by atoms with Gasteiger partial charge in [0.2, 0.25) is 10.0 Å². The van der Waals surface area contributed by atoms with E-state index in [1.54, 1.807) is 23.5 Å². The molecule has 0 saturated carbocycles. The average Bonchev–Trinajstić information content (AvgIpc) is 3.24. The maximum Gasteiger partial charge on any atom is 0.243 e. The summed E-state index contributed by atoms with van der Waals surface area (Å²) in [5, 5.41) is 0. The SMILES string of the molecule is COc1ccc(N2C=CN(c3ccc(S(=O)(=O)N4CCN(C)CC4)cc3)C2)cc1. The monoisotopic (exact) mass is 414 g/mol. The Morgan fingerprint density at radius 2 is 1.31 bits per heavy atom. The van der Waals surface area contributed by atoms with Crippen molar-refractivity contribution in [2.45, 2.75) is 4.90 Å². The number of ether oxygens (including phenoxy) is 1. The molecule has 2 aromatic rings. The normalized spacial score (nSPS) is 18.4. The average molecular weight is 415 g/mol. The lowest BCUT2D eigenvalue weighted by Gasteiger charge is -2.31. The first-order valence-corrected chi connectivity index (χ1v) is 11.1. The van der Waals surface area contributed by atoms with Crippen LogP contribution in [0.15, 0.2) is 65.8 Å². The Morgan fingerprint density at radius 1 is 0.793 bits per heavy atom. The van der Waals surface area contributed by atoms with Crippen molar-refractivity contribution in [2.24, 2.45) is 0 Å². The molecule has 0 radical (unpaired) electrons. The molecular weight excluding hydrogens is 388 g/mol. The van der Waals surface area contributed by atoms with E-state index in [0.29, 0.717) is 24.7 Å². The second-order valence-electron chi connectivity index (χ2n) is 7.28. The van der Waals surface area contributed by atoms with Crippen molar-refractivity contribution in [1.29, 1.82) is 0 Å². The van der Waals surface area contributed by atoms with Gasteiger partial charge in [0.15, 0.2) is 0 Å². The van der Waals surface area contributed by atoms with Crippen molar-refractivity contribution in [2.75, 3.05) is 56.8 Å². The zero-order valence-electron chi connectivity index (χ0n) is 16.7. The van der Waals surface area contributed by atoms with Gasteiger partial charge in [-0.2, -0.15) is 4.31 Å². The Morgan fingerprint density at radius 3 is 1.83 bits per heavy atom. The van der Waals surface area contributed by atoms with Crippen LogP contribution in [0.4, 0.5) is 11.4 Å². The molecule has 29 heavy (non-hydrogen) atoms. The van der Waals surface area contributed by atoms with Crippen LogP contribution in [0.25, 0.3) is 0 Å². The van der Waals surface area contributed by atoms with Gasteiger partial charge >= 0.3 is 0 Å². The summed E-state index contributed by atoms with van der Waals surface area (Å²) < 4.78 is 32.5. The van der Waals surface area contributed by atoms with Gasteiger partial charge in [-0.3, -0.25) is 0 Å². The summed E-state index contributed by atoms with van der Waals surface area (Å²) in [4.78, 5) is 6.69. The fourth-order valence-electron chi connectivity index (χ4n) is 3.52. The first kappa shape index (κ1) is 19.8. The number of methoxy groups -OCH3 is 1. The van der Waals surface area contributed by atoms with E-state index in [4.69, 9.17) is 4.74 Å². The molecule has 4 rings (SSSR count). The number of piperazine rings is 1. The van der Waals surface area contributed by atoms with Crippen molar-refractivity contribution in [3.05, 3.63) is 60.9 Å². The molecule has 0 spiro atoms. The molecule has 0 atom stereocenters. The number of hydrogen-bond acceptors (Lipinski definition) is 6. The molecule has 2 aromatic carbocycles. The van der Waals surface area contributed by atoms with Crippen molar-refractivity contribution < 1.29 is 13.2 Å². The van der Waals surface area contributed by atoms with Crippen LogP contribution < -0.4 is 14.5 Å². The Hall–Kier alpha value is -2.55. The van der Waals surface area contributed by atoms with Gasteiger partial charge in [0.1, 0.15) is 5.75 Å². The van der Waals surface area contributed by atoms with Crippen molar-refractivity contribution >= 4 is 21.4 Å². The molecule has 8 heteroatoms. The van der Waals surface area contributed by atoms with E-state index in [9.17, 15) is 8.42 Å². The number of nitrogens with zero attached hydrogens (tertiary/aromatic N) is 4. The van der Waals surface area contributed by atoms with Gasteiger partial charge in [-0.15, -0.1) is 0 Å². The Labute approximate surface area is 172 Å². The van der Waals surface area contributed by atoms with Gasteiger partial charge in [-0.25, -0.2) is 8.42 Å². The number of sulfonamides is 1. The van der Waals surface area contributed by atoms with E-state index in [0.717, 1.165) is 30.2 Å². The lowest BCUT2D eigenvalue weighted by molar-refractivity contribution is 0.222. The van der Waals surface area contributed by atoms with Crippen LogP contribution in [0, 0.1) is 0 Å². The predicted molar refractivity (Wildman–Crippen MR) is 115 cm³/mol. The van der Waals surface area contributed by atoms with E-state index in [2.05, 4.69) is 14.7 Å². The van der Waals surface area contributed by atoms with E-state index in [1.165, 1.54) is 0 Å². The van der Waals surface area contributed by atoms with E-state index < -0.39 is 10.0 Å². The van der Waals surface area contributed by atoms with Gasteiger partial charge in [0, 0.05) is 50.0 Å². The van der Waals surface area contributed by atoms with Crippen molar-refractivity contribution in [3.63, 3.8) is 0 Å². The molecule has 7 nitrogen and oxygen atoms in total. The standard InChI is InChI=1S/C21H26N4O3S/c1-22-11-15-25(16-12-22)29(26,27)21-9-5-19(6-10-21)24-14-13-23(17-24)18-3-7-20(28-2)8-4-18/h3-10,13-14H,11-12,15-17H2,1-2H3. The van der Waals surface area contributed by atoms with Gasteiger partial charge in [-0.05, 0) is 55.6 Å². The predicted octanol–water partition coefficient (Wildman–Crippen LogP) is 2.39. The van der Waals surface area contributed by atoms with Crippen LogP contribution in [0.1, 0.15) is 0 Å². The van der Waals surface area contributed by atoms with Crippen LogP contribution in [0.2, 0.25) is 0 Å². The molecule has 0 aliphatic carbocycles. The van der Waals surface area contributed by atoms with Crippen LogP contribution in [0.5, 0.6) is 5.75 Å². The summed E-state index contributed by atoms with van der Waals surface area (Å²) >= 11 is 0. The molecule has 0 N–H and O–H groups in total. The minimum Gasteiger partial charge on any atom is -0.497 e. The van der Waals surface area contributed by atoms with Crippen LogP contribution in [-0.2, 0) is 10.0 Å². The number of benzene rings is 2. The molecule has 0 unspecified atom stereocenters. The minimum atomic E-state index is -3.44. The Kier molecular flexibility index (Phi) is 5.49. The molecule has 1 saturated heterocycles. The number of likely N-dealkylation sites (N-methyl/N-ethyl adjacent to an activating group) is 1. The summed E-state index contributed by atoms with van der Waals surface area (Å²) in [6, 6.07) is 15.0. The largest absolute Gasteiger partial charge is 0.497 e. The van der Waals surface area contributed by atoms with E-state index in [-0.39, 0.29) is 0 Å². The third-order valence-electron chi connectivity index (χ3n) is 5.40. The summed E-state index contributed by atoms with van der Waals surface area (Å²) in [6.07, 6.45) is 4.00. The first-order valence-electron chi connectivity index (χ1n) is 9.62. The third-order valence-corrected chi connectivity index (χ3v) is 7.32. The van der Waals surface area contributed by atoms with E-state index >= 15 is 0 Å². The highest BCUT2D eigenvalue weighted by atomic mass is 32.2. The maximum absolute atomic E-state index is 12.9. The zero-order valence-corrected chi connectivity index (χ0v) is 17.5.